The van der Waals surface area contributed by atoms with Gasteiger partial charge < -0.3 is 14.7 Å². The molecule has 0 aromatic heterocycles. The van der Waals surface area contributed by atoms with Crippen molar-refractivity contribution in [3.8, 4) is 0 Å². The topological polar surface area (TPSA) is 49.8 Å². The van der Waals surface area contributed by atoms with Gasteiger partial charge in [0.05, 0.1) is 11.6 Å². The van der Waals surface area contributed by atoms with Gasteiger partial charge in [-0.25, -0.2) is 4.79 Å². The predicted molar refractivity (Wildman–Crippen MR) is 92.2 cm³/mol. The largest absolute Gasteiger partial charge is 0.443 e. The third-order valence-electron chi connectivity index (χ3n) is 5.40. The second-order valence-corrected chi connectivity index (χ2v) is 8.13. The van der Waals surface area contributed by atoms with E-state index in [9.17, 15) is 9.90 Å². The van der Waals surface area contributed by atoms with Crippen LogP contribution in [0.15, 0.2) is 28.7 Å². The van der Waals surface area contributed by atoms with Crippen LogP contribution in [-0.2, 0) is 4.74 Å². The Kier molecular flexibility index (Phi) is 4.45. The van der Waals surface area contributed by atoms with E-state index in [1.807, 2.05) is 38.1 Å². The summed E-state index contributed by atoms with van der Waals surface area (Å²) in [5.41, 5.74) is 0.127. The lowest BCUT2D eigenvalue weighted by Gasteiger charge is -2.47. The van der Waals surface area contributed by atoms with Crippen LogP contribution in [0.1, 0.15) is 57.6 Å². The van der Waals surface area contributed by atoms with Crippen LogP contribution < -0.4 is 0 Å². The van der Waals surface area contributed by atoms with Crippen molar-refractivity contribution in [2.24, 2.45) is 0 Å². The Morgan fingerprint density at radius 2 is 1.78 bits per heavy atom. The number of carbonyl (C=O) groups is 1. The fourth-order valence-electron chi connectivity index (χ4n) is 3.58. The molecule has 1 N–H and O–H groups in total. The zero-order valence-corrected chi connectivity index (χ0v) is 15.3. The average Bonchev–Trinajstić information content (AvgIpc) is 2.51. The Labute approximate surface area is 145 Å². The lowest BCUT2D eigenvalue weighted by atomic mass is 9.75. The maximum absolute atomic E-state index is 12.5. The smallest absolute Gasteiger partial charge is 0.410 e. The van der Waals surface area contributed by atoms with Crippen LogP contribution in [0.25, 0.3) is 0 Å². The van der Waals surface area contributed by atoms with Crippen LogP contribution in [0, 0.1) is 0 Å². The van der Waals surface area contributed by atoms with Crippen LogP contribution in [0.5, 0.6) is 0 Å². The summed E-state index contributed by atoms with van der Waals surface area (Å²) < 4.78 is 6.88. The van der Waals surface area contributed by atoms with E-state index in [0.29, 0.717) is 19.4 Å². The molecule has 3 rings (SSSR count). The molecule has 126 valence electrons. The second-order valence-electron chi connectivity index (χ2n) is 7.22. The molecule has 1 saturated heterocycles. The molecule has 4 nitrogen and oxygen atoms in total. The molecule has 1 aliphatic carbocycles. The zero-order valence-electron chi connectivity index (χ0n) is 13.7. The number of halogens is 1. The van der Waals surface area contributed by atoms with E-state index in [2.05, 4.69) is 15.9 Å². The van der Waals surface area contributed by atoms with Gasteiger partial charge in [0, 0.05) is 17.4 Å². The highest BCUT2D eigenvalue weighted by Crippen LogP contribution is 2.42. The molecule has 1 heterocycles. The fourth-order valence-corrected chi connectivity index (χ4v) is 3.84. The van der Waals surface area contributed by atoms with Crippen molar-refractivity contribution in [2.75, 3.05) is 6.54 Å². The number of hydrogen-bond acceptors (Lipinski definition) is 3. The summed E-state index contributed by atoms with van der Waals surface area (Å²) in [5.74, 6) is 0. The van der Waals surface area contributed by atoms with E-state index in [4.69, 9.17) is 4.74 Å². The first-order valence-corrected chi connectivity index (χ1v) is 9.07. The first-order chi connectivity index (χ1) is 10.8. The van der Waals surface area contributed by atoms with Crippen LogP contribution in [0.3, 0.4) is 0 Å². The highest BCUT2D eigenvalue weighted by atomic mass is 79.9. The molecule has 1 amide bonds. The molecule has 1 saturated carbocycles. The van der Waals surface area contributed by atoms with E-state index in [1.54, 1.807) is 4.90 Å². The van der Waals surface area contributed by atoms with Gasteiger partial charge in [-0.15, -0.1) is 0 Å². The molecule has 0 radical (unpaired) electrons. The molecule has 0 unspecified atom stereocenters. The molecule has 2 aliphatic rings. The first-order valence-electron chi connectivity index (χ1n) is 8.28. The van der Waals surface area contributed by atoms with Crippen molar-refractivity contribution in [1.82, 2.24) is 4.90 Å². The number of benzene rings is 1. The first kappa shape index (κ1) is 16.8. The molecule has 1 aromatic carbocycles. The SMILES string of the molecule is C[C@@H](c1ccc(Br)cc1)N1CCC2(CCC(C)(O)CC2)OC1=O. The maximum Gasteiger partial charge on any atom is 0.410 e. The third-order valence-corrected chi connectivity index (χ3v) is 5.93. The summed E-state index contributed by atoms with van der Waals surface area (Å²) in [6, 6.07) is 8.05. The highest BCUT2D eigenvalue weighted by molar-refractivity contribution is 9.10. The molecule has 1 atom stereocenters. The number of nitrogens with zero attached hydrogens (tertiary/aromatic N) is 1. The van der Waals surface area contributed by atoms with E-state index in [-0.39, 0.29) is 17.7 Å². The fraction of sp³-hybridized carbons (Fsp3) is 0.611. The number of amides is 1. The second kappa shape index (κ2) is 6.10. The molecule has 1 spiro atoms. The number of carbonyl (C=O) groups excluding carboxylic acids is 1. The zero-order chi connectivity index (χ0) is 16.7. The lowest BCUT2D eigenvalue weighted by molar-refractivity contribution is -0.111. The molecule has 23 heavy (non-hydrogen) atoms. The minimum atomic E-state index is -0.612. The summed E-state index contributed by atoms with van der Waals surface area (Å²) in [7, 11) is 0. The van der Waals surface area contributed by atoms with Crippen molar-refractivity contribution < 1.29 is 14.6 Å². The minimum absolute atomic E-state index is 0.000326. The van der Waals surface area contributed by atoms with Gasteiger partial charge in [-0.3, -0.25) is 0 Å². The van der Waals surface area contributed by atoms with Crippen molar-refractivity contribution in [2.45, 2.75) is 63.2 Å². The molecule has 1 aromatic rings. The Balaban J connectivity index is 1.67. The van der Waals surface area contributed by atoms with Gasteiger partial charge >= 0.3 is 6.09 Å². The van der Waals surface area contributed by atoms with Crippen LogP contribution in [0.2, 0.25) is 0 Å². The predicted octanol–water partition coefficient (Wildman–Crippen LogP) is 4.42. The van der Waals surface area contributed by atoms with Crippen molar-refractivity contribution in [1.29, 1.82) is 0 Å². The average molecular weight is 382 g/mol. The van der Waals surface area contributed by atoms with Crippen LogP contribution in [0.4, 0.5) is 4.79 Å². The minimum Gasteiger partial charge on any atom is -0.443 e. The number of ether oxygens (including phenoxy) is 1. The van der Waals surface area contributed by atoms with Crippen LogP contribution >= 0.6 is 15.9 Å². The number of aliphatic hydroxyl groups is 1. The molecule has 1 aliphatic heterocycles. The number of hydrogen-bond donors (Lipinski definition) is 1. The van der Waals surface area contributed by atoms with Gasteiger partial charge in [-0.1, -0.05) is 28.1 Å². The summed E-state index contributed by atoms with van der Waals surface area (Å²) in [5, 5.41) is 10.1. The van der Waals surface area contributed by atoms with E-state index < -0.39 is 5.60 Å². The van der Waals surface area contributed by atoms with E-state index in [0.717, 1.165) is 29.3 Å². The molecule has 0 bridgehead atoms. The van der Waals surface area contributed by atoms with Gasteiger partial charge in [0.15, 0.2) is 0 Å². The third kappa shape index (κ3) is 3.56. The van der Waals surface area contributed by atoms with Gasteiger partial charge in [0.2, 0.25) is 0 Å². The monoisotopic (exact) mass is 381 g/mol. The highest BCUT2D eigenvalue weighted by Gasteiger charge is 2.46. The summed E-state index contributed by atoms with van der Waals surface area (Å²) in [6.07, 6.45) is 3.52. The van der Waals surface area contributed by atoms with Crippen molar-refractivity contribution in [3.63, 3.8) is 0 Å². The maximum atomic E-state index is 12.5. The van der Waals surface area contributed by atoms with Crippen LogP contribution in [-0.4, -0.2) is 33.8 Å². The summed E-state index contributed by atoms with van der Waals surface area (Å²) in [4.78, 5) is 14.3. The summed E-state index contributed by atoms with van der Waals surface area (Å²) >= 11 is 3.43. The van der Waals surface area contributed by atoms with E-state index in [1.165, 1.54) is 0 Å². The van der Waals surface area contributed by atoms with Gasteiger partial charge in [-0.05, 0) is 57.2 Å². The summed E-state index contributed by atoms with van der Waals surface area (Å²) in [6.45, 7) is 4.61. The molecule has 5 heteroatoms. The van der Waals surface area contributed by atoms with E-state index >= 15 is 0 Å². The normalized spacial score (nSPS) is 32.7. The number of rotatable bonds is 2. The van der Waals surface area contributed by atoms with Crippen molar-refractivity contribution in [3.05, 3.63) is 34.3 Å². The van der Waals surface area contributed by atoms with Gasteiger partial charge in [0.25, 0.3) is 0 Å². The molecule has 2 fully saturated rings. The Morgan fingerprint density at radius 3 is 2.35 bits per heavy atom. The Morgan fingerprint density at radius 1 is 1.17 bits per heavy atom. The van der Waals surface area contributed by atoms with Gasteiger partial charge in [0.1, 0.15) is 5.60 Å². The standard InChI is InChI=1S/C18H24BrNO3/c1-13(14-3-5-15(19)6-4-14)20-12-11-18(23-16(20)21)9-7-17(2,22)8-10-18/h3-6,13,22H,7-12H2,1-2H3/t13-,17?,18?/m0/s1. The Hall–Kier alpha value is -1.07. The van der Waals surface area contributed by atoms with Gasteiger partial charge in [-0.2, -0.15) is 0 Å². The molecular formula is C18H24BrNO3. The Bertz CT molecular complexity index is 574. The molecular weight excluding hydrogens is 358 g/mol. The lowest BCUT2D eigenvalue weighted by Crippen LogP contribution is -2.53. The van der Waals surface area contributed by atoms with Crippen molar-refractivity contribution >= 4 is 22.0 Å². The quantitative estimate of drug-likeness (QED) is 0.824.